The van der Waals surface area contributed by atoms with Crippen molar-refractivity contribution in [1.29, 1.82) is 0 Å². The van der Waals surface area contributed by atoms with Gasteiger partial charge in [-0.2, -0.15) is 0 Å². The smallest absolute Gasteiger partial charge is 0.338 e. The van der Waals surface area contributed by atoms with Crippen molar-refractivity contribution >= 4 is 17.8 Å². The first-order valence-corrected chi connectivity index (χ1v) is 9.45. The van der Waals surface area contributed by atoms with E-state index in [9.17, 15) is 14.4 Å². The molecule has 1 aliphatic carbocycles. The van der Waals surface area contributed by atoms with Gasteiger partial charge in [-0.05, 0) is 44.9 Å². The van der Waals surface area contributed by atoms with Crippen LogP contribution in [0.3, 0.4) is 0 Å². The van der Waals surface area contributed by atoms with Crippen LogP contribution in [0.2, 0.25) is 0 Å². The lowest BCUT2D eigenvalue weighted by molar-refractivity contribution is -0.135. The first kappa shape index (κ1) is 20.7. The van der Waals surface area contributed by atoms with Crippen molar-refractivity contribution in [3.05, 3.63) is 23.8 Å². The predicted molar refractivity (Wildman–Crippen MR) is 98.8 cm³/mol. The number of hydrogen-bond donors (Lipinski definition) is 1. The molecule has 27 heavy (non-hydrogen) atoms. The average Bonchev–Trinajstić information content (AvgIpc) is 2.68. The number of carbonyl (C=O) groups is 3. The van der Waals surface area contributed by atoms with Crippen molar-refractivity contribution in [2.75, 3.05) is 19.8 Å². The fourth-order valence-electron chi connectivity index (χ4n) is 3.03. The van der Waals surface area contributed by atoms with Crippen molar-refractivity contribution in [3.8, 4) is 11.5 Å². The van der Waals surface area contributed by atoms with Crippen molar-refractivity contribution in [1.82, 2.24) is 5.32 Å². The van der Waals surface area contributed by atoms with Crippen LogP contribution >= 0.6 is 0 Å². The normalized spacial score (nSPS) is 14.3. The Hall–Kier alpha value is -2.57. The molecule has 0 saturated heterocycles. The number of esters is 1. The maximum Gasteiger partial charge on any atom is 0.338 e. The highest BCUT2D eigenvalue weighted by Gasteiger charge is 2.23. The molecule has 0 aliphatic heterocycles. The Labute approximate surface area is 159 Å². The maximum absolute atomic E-state index is 12.2. The summed E-state index contributed by atoms with van der Waals surface area (Å²) in [6.07, 6.45) is 4.72. The number of nitrogens with one attached hydrogen (secondary N) is 1. The summed E-state index contributed by atoms with van der Waals surface area (Å²) in [6, 6.07) is 4.68. The van der Waals surface area contributed by atoms with E-state index < -0.39 is 18.5 Å². The number of hydrogen-bond acceptors (Lipinski definition) is 6. The summed E-state index contributed by atoms with van der Waals surface area (Å²) in [6.45, 7) is 4.07. The second-order valence-corrected chi connectivity index (χ2v) is 6.35. The molecule has 1 aliphatic rings. The molecule has 1 saturated carbocycles. The monoisotopic (exact) mass is 377 g/mol. The summed E-state index contributed by atoms with van der Waals surface area (Å²) in [5, 5.41) is 2.31. The van der Waals surface area contributed by atoms with Gasteiger partial charge in [0.1, 0.15) is 0 Å². The first-order valence-electron chi connectivity index (χ1n) is 9.45. The lowest BCUT2D eigenvalue weighted by atomic mass is 9.89. The molecule has 0 heterocycles. The maximum atomic E-state index is 12.2. The zero-order valence-corrected chi connectivity index (χ0v) is 15.9. The Morgan fingerprint density at radius 1 is 1.00 bits per heavy atom. The van der Waals surface area contributed by atoms with Gasteiger partial charge in [0.25, 0.3) is 5.91 Å². The molecule has 7 heteroatoms. The number of rotatable bonds is 8. The van der Waals surface area contributed by atoms with Gasteiger partial charge in [0.2, 0.25) is 5.91 Å². The highest BCUT2D eigenvalue weighted by atomic mass is 16.5. The van der Waals surface area contributed by atoms with E-state index in [1.807, 2.05) is 13.8 Å². The molecule has 1 N–H and O–H groups in total. The lowest BCUT2D eigenvalue weighted by Gasteiger charge is -2.20. The summed E-state index contributed by atoms with van der Waals surface area (Å²) in [5.41, 5.74) is 0.244. The average molecular weight is 377 g/mol. The Bertz CT molecular complexity index is 666. The minimum atomic E-state index is -0.667. The Kier molecular flexibility index (Phi) is 8.10. The van der Waals surface area contributed by atoms with Crippen LogP contribution < -0.4 is 14.8 Å². The lowest BCUT2D eigenvalue weighted by Crippen LogP contribution is -2.38. The van der Waals surface area contributed by atoms with E-state index in [2.05, 4.69) is 5.32 Å². The van der Waals surface area contributed by atoms with Crippen molar-refractivity contribution < 1.29 is 28.6 Å². The van der Waals surface area contributed by atoms with Gasteiger partial charge in [0, 0.05) is 5.92 Å². The third-order valence-electron chi connectivity index (χ3n) is 4.35. The Balaban J connectivity index is 1.87. The van der Waals surface area contributed by atoms with Crippen LogP contribution in [-0.2, 0) is 14.3 Å². The molecule has 2 amide bonds. The van der Waals surface area contributed by atoms with Crippen molar-refractivity contribution in [3.63, 3.8) is 0 Å². The minimum Gasteiger partial charge on any atom is -0.490 e. The van der Waals surface area contributed by atoms with E-state index in [1.165, 1.54) is 6.07 Å². The molecule has 1 aromatic rings. The van der Waals surface area contributed by atoms with Crippen LogP contribution in [0, 0.1) is 5.92 Å². The number of benzene rings is 1. The number of ether oxygens (including phenoxy) is 3. The number of imide groups is 1. The Morgan fingerprint density at radius 2 is 1.67 bits per heavy atom. The summed E-state index contributed by atoms with van der Waals surface area (Å²) in [7, 11) is 0. The van der Waals surface area contributed by atoms with Gasteiger partial charge >= 0.3 is 5.97 Å². The molecule has 1 fully saturated rings. The fourth-order valence-corrected chi connectivity index (χ4v) is 3.03. The predicted octanol–water partition coefficient (Wildman–Crippen LogP) is 2.86. The summed E-state index contributed by atoms with van der Waals surface area (Å²) in [4.78, 5) is 36.1. The number of carbonyl (C=O) groups excluding carboxylic acids is 3. The molecular weight excluding hydrogens is 350 g/mol. The summed E-state index contributed by atoms with van der Waals surface area (Å²) < 4.78 is 15.9. The van der Waals surface area contributed by atoms with Crippen LogP contribution in [0.5, 0.6) is 11.5 Å². The molecule has 0 atom stereocenters. The van der Waals surface area contributed by atoms with Crippen LogP contribution in [0.4, 0.5) is 0 Å². The van der Waals surface area contributed by atoms with Gasteiger partial charge in [-0.25, -0.2) is 4.79 Å². The van der Waals surface area contributed by atoms with Crippen LogP contribution in [-0.4, -0.2) is 37.6 Å². The van der Waals surface area contributed by atoms with Gasteiger partial charge in [0.15, 0.2) is 18.1 Å². The molecule has 7 nitrogen and oxygen atoms in total. The topological polar surface area (TPSA) is 90.9 Å². The molecule has 0 radical (unpaired) electrons. The van der Waals surface area contributed by atoms with Crippen LogP contribution in [0.1, 0.15) is 56.3 Å². The summed E-state index contributed by atoms with van der Waals surface area (Å²) >= 11 is 0. The van der Waals surface area contributed by atoms with Crippen LogP contribution in [0.15, 0.2) is 18.2 Å². The van der Waals surface area contributed by atoms with Crippen LogP contribution in [0.25, 0.3) is 0 Å². The quantitative estimate of drug-likeness (QED) is 0.701. The van der Waals surface area contributed by atoms with E-state index in [1.54, 1.807) is 12.1 Å². The van der Waals surface area contributed by atoms with Gasteiger partial charge in [-0.1, -0.05) is 19.3 Å². The Morgan fingerprint density at radius 3 is 2.33 bits per heavy atom. The molecule has 0 unspecified atom stereocenters. The molecule has 1 aromatic carbocycles. The largest absolute Gasteiger partial charge is 0.490 e. The summed E-state index contributed by atoms with van der Waals surface area (Å²) in [5.74, 6) is -0.722. The van der Waals surface area contributed by atoms with Gasteiger partial charge in [0.05, 0.1) is 18.8 Å². The van der Waals surface area contributed by atoms with E-state index in [0.717, 1.165) is 32.1 Å². The zero-order chi connectivity index (χ0) is 19.6. The highest BCUT2D eigenvalue weighted by molar-refractivity contribution is 5.98. The van der Waals surface area contributed by atoms with E-state index in [-0.39, 0.29) is 17.4 Å². The standard InChI is InChI=1S/C20H27NO6/c1-3-25-16-11-10-15(12-17(16)26-4-2)20(24)27-13-18(22)21-19(23)14-8-6-5-7-9-14/h10-12,14H,3-9,13H2,1-2H3,(H,21,22,23). The van der Waals surface area contributed by atoms with E-state index >= 15 is 0 Å². The second kappa shape index (κ2) is 10.5. The van der Waals surface area contributed by atoms with Gasteiger partial charge < -0.3 is 14.2 Å². The highest BCUT2D eigenvalue weighted by Crippen LogP contribution is 2.29. The van der Waals surface area contributed by atoms with Crippen molar-refractivity contribution in [2.45, 2.75) is 46.0 Å². The number of amides is 2. The zero-order valence-electron chi connectivity index (χ0n) is 15.9. The first-order chi connectivity index (χ1) is 13.0. The SMILES string of the molecule is CCOc1ccc(C(=O)OCC(=O)NC(=O)C2CCCCC2)cc1OCC. The fraction of sp³-hybridized carbons (Fsp3) is 0.550. The van der Waals surface area contributed by atoms with Crippen molar-refractivity contribution in [2.24, 2.45) is 5.92 Å². The third-order valence-corrected chi connectivity index (χ3v) is 4.35. The molecule has 0 spiro atoms. The van der Waals surface area contributed by atoms with Gasteiger partial charge in [-0.15, -0.1) is 0 Å². The molecule has 148 valence electrons. The molecule has 0 bridgehead atoms. The van der Waals surface area contributed by atoms with E-state index in [0.29, 0.717) is 24.7 Å². The second-order valence-electron chi connectivity index (χ2n) is 6.35. The third kappa shape index (κ3) is 6.27. The van der Waals surface area contributed by atoms with E-state index in [4.69, 9.17) is 14.2 Å². The van der Waals surface area contributed by atoms with Gasteiger partial charge in [-0.3, -0.25) is 14.9 Å². The minimum absolute atomic E-state index is 0.127. The molecule has 0 aromatic heterocycles. The molecule has 2 rings (SSSR count). The molecular formula is C20H27NO6.